The number of hydrogen-bond donors (Lipinski definition) is 2. The number of likely N-dealkylation sites (N-methyl/N-ethyl adjacent to an activating group) is 1. The SMILES string of the molecule is CN(C)[C@@H](CNc1c(NCc2ccco2)c(=O)c1=O)c1ccco1. The van der Waals surface area contributed by atoms with Gasteiger partial charge in [-0.1, -0.05) is 0 Å². The molecule has 0 radical (unpaired) electrons. The Hall–Kier alpha value is -2.80. The Morgan fingerprint density at radius 2 is 1.67 bits per heavy atom. The van der Waals surface area contributed by atoms with E-state index in [-0.39, 0.29) is 6.04 Å². The van der Waals surface area contributed by atoms with Crippen molar-refractivity contribution in [3.63, 3.8) is 0 Å². The van der Waals surface area contributed by atoms with Crippen molar-refractivity contribution in [3.8, 4) is 0 Å². The molecule has 2 heterocycles. The molecule has 7 nitrogen and oxygen atoms in total. The van der Waals surface area contributed by atoms with Gasteiger partial charge in [-0.05, 0) is 38.4 Å². The van der Waals surface area contributed by atoms with Crippen LogP contribution in [0, 0.1) is 0 Å². The van der Waals surface area contributed by atoms with Crippen LogP contribution in [-0.2, 0) is 6.54 Å². The first-order valence-corrected chi connectivity index (χ1v) is 7.61. The summed E-state index contributed by atoms with van der Waals surface area (Å²) in [4.78, 5) is 25.6. The van der Waals surface area contributed by atoms with Crippen molar-refractivity contribution in [2.45, 2.75) is 12.6 Å². The molecule has 0 amide bonds. The predicted octanol–water partition coefficient (Wildman–Crippen LogP) is 1.80. The van der Waals surface area contributed by atoms with Gasteiger partial charge in [-0.2, -0.15) is 0 Å². The fraction of sp³-hybridized carbons (Fsp3) is 0.294. The van der Waals surface area contributed by atoms with Crippen molar-refractivity contribution in [2.24, 2.45) is 0 Å². The van der Waals surface area contributed by atoms with E-state index in [1.165, 1.54) is 0 Å². The van der Waals surface area contributed by atoms with Crippen LogP contribution in [-0.4, -0.2) is 25.5 Å². The Bertz CT molecular complexity index is 843. The van der Waals surface area contributed by atoms with E-state index in [2.05, 4.69) is 10.6 Å². The minimum Gasteiger partial charge on any atom is -0.468 e. The summed E-state index contributed by atoms with van der Waals surface area (Å²) in [6, 6.07) is 7.21. The first-order chi connectivity index (χ1) is 11.6. The topological polar surface area (TPSA) is 87.7 Å². The molecule has 1 aromatic carbocycles. The molecule has 7 heteroatoms. The smallest absolute Gasteiger partial charge is 0.253 e. The Morgan fingerprint density at radius 3 is 2.25 bits per heavy atom. The van der Waals surface area contributed by atoms with Crippen molar-refractivity contribution in [3.05, 3.63) is 68.8 Å². The molecule has 0 fully saturated rings. The lowest BCUT2D eigenvalue weighted by molar-refractivity contribution is 0.269. The van der Waals surface area contributed by atoms with Gasteiger partial charge in [0.25, 0.3) is 10.9 Å². The molecular formula is C17H19N3O4. The lowest BCUT2D eigenvalue weighted by atomic mass is 10.1. The van der Waals surface area contributed by atoms with Crippen molar-refractivity contribution in [2.75, 3.05) is 31.3 Å². The summed E-state index contributed by atoms with van der Waals surface area (Å²) >= 11 is 0. The van der Waals surface area contributed by atoms with Crippen LogP contribution in [0.5, 0.6) is 0 Å². The largest absolute Gasteiger partial charge is 0.468 e. The molecule has 0 aliphatic rings. The van der Waals surface area contributed by atoms with Crippen LogP contribution in [0.2, 0.25) is 0 Å². The summed E-state index contributed by atoms with van der Waals surface area (Å²) in [5.74, 6) is 1.48. The first kappa shape index (κ1) is 16.1. The molecule has 0 aliphatic heterocycles. The third-order valence-electron chi connectivity index (χ3n) is 3.90. The highest BCUT2D eigenvalue weighted by atomic mass is 16.3. The van der Waals surface area contributed by atoms with Crippen LogP contribution < -0.4 is 21.5 Å². The van der Waals surface area contributed by atoms with Crippen LogP contribution in [0.25, 0.3) is 0 Å². The summed E-state index contributed by atoms with van der Waals surface area (Å²) in [5.41, 5.74) is -0.407. The molecule has 0 saturated carbocycles. The van der Waals surface area contributed by atoms with Gasteiger partial charge in [-0.25, -0.2) is 0 Å². The highest BCUT2D eigenvalue weighted by molar-refractivity contribution is 5.73. The van der Waals surface area contributed by atoms with Gasteiger partial charge in [0.2, 0.25) is 0 Å². The van der Waals surface area contributed by atoms with E-state index >= 15 is 0 Å². The van der Waals surface area contributed by atoms with E-state index in [1.54, 1.807) is 24.7 Å². The molecule has 126 valence electrons. The Balaban J connectivity index is 1.68. The monoisotopic (exact) mass is 329 g/mol. The Labute approximate surface area is 138 Å². The van der Waals surface area contributed by atoms with E-state index in [1.807, 2.05) is 31.1 Å². The molecule has 0 aliphatic carbocycles. The molecule has 2 N–H and O–H groups in total. The second-order valence-electron chi connectivity index (χ2n) is 5.72. The van der Waals surface area contributed by atoms with E-state index in [0.717, 1.165) is 5.76 Å². The molecule has 0 spiro atoms. The number of nitrogens with one attached hydrogen (secondary N) is 2. The molecule has 0 unspecified atom stereocenters. The minimum atomic E-state index is -0.511. The molecule has 3 rings (SSSR count). The maximum absolute atomic E-state index is 11.8. The quantitative estimate of drug-likeness (QED) is 0.609. The van der Waals surface area contributed by atoms with Crippen LogP contribution in [0.3, 0.4) is 0 Å². The zero-order valence-corrected chi connectivity index (χ0v) is 13.5. The third-order valence-corrected chi connectivity index (χ3v) is 3.90. The average Bonchev–Trinajstić information content (AvgIpc) is 3.26. The van der Waals surface area contributed by atoms with Gasteiger partial charge in [0.05, 0.1) is 25.1 Å². The normalized spacial score (nSPS) is 12.6. The highest BCUT2D eigenvalue weighted by Crippen LogP contribution is 2.21. The van der Waals surface area contributed by atoms with Crippen molar-refractivity contribution < 1.29 is 8.83 Å². The number of rotatable bonds is 8. The molecule has 1 atom stereocenters. The molecule has 24 heavy (non-hydrogen) atoms. The van der Waals surface area contributed by atoms with Crippen LogP contribution in [0.15, 0.2) is 55.2 Å². The van der Waals surface area contributed by atoms with E-state index in [9.17, 15) is 9.59 Å². The van der Waals surface area contributed by atoms with Crippen LogP contribution in [0.1, 0.15) is 17.6 Å². The summed E-state index contributed by atoms with van der Waals surface area (Å²) in [7, 11) is 3.85. The summed E-state index contributed by atoms with van der Waals surface area (Å²) < 4.78 is 10.6. The van der Waals surface area contributed by atoms with E-state index in [0.29, 0.717) is 30.2 Å². The Kier molecular flexibility index (Phi) is 4.52. The van der Waals surface area contributed by atoms with Crippen LogP contribution >= 0.6 is 0 Å². The Morgan fingerprint density at radius 1 is 1.00 bits per heavy atom. The van der Waals surface area contributed by atoms with Gasteiger partial charge in [-0.15, -0.1) is 0 Å². The van der Waals surface area contributed by atoms with Crippen molar-refractivity contribution in [1.29, 1.82) is 0 Å². The third kappa shape index (κ3) is 3.11. The maximum Gasteiger partial charge on any atom is 0.253 e. The predicted molar refractivity (Wildman–Crippen MR) is 91.0 cm³/mol. The molecule has 0 saturated heterocycles. The summed E-state index contributed by atoms with van der Waals surface area (Å²) in [6.07, 6.45) is 3.17. The lowest BCUT2D eigenvalue weighted by Crippen LogP contribution is -2.39. The summed E-state index contributed by atoms with van der Waals surface area (Å²) in [5, 5.41) is 6.02. The fourth-order valence-electron chi connectivity index (χ4n) is 2.53. The molecule has 2 aromatic heterocycles. The number of anilines is 2. The number of nitrogens with zero attached hydrogens (tertiary/aromatic N) is 1. The zero-order valence-electron chi connectivity index (χ0n) is 13.5. The summed E-state index contributed by atoms with van der Waals surface area (Å²) in [6.45, 7) is 0.794. The standard InChI is InChI=1S/C17H19N3O4/c1-20(2)12(13-6-4-8-24-13)10-19-15-14(16(21)17(15)22)18-9-11-5-3-7-23-11/h3-8,12,18-19H,9-10H2,1-2H3/t12-/m0/s1. The maximum atomic E-state index is 11.8. The minimum absolute atomic E-state index is 0.0534. The number of hydrogen-bond acceptors (Lipinski definition) is 7. The first-order valence-electron chi connectivity index (χ1n) is 7.61. The number of furan rings is 2. The fourth-order valence-corrected chi connectivity index (χ4v) is 2.53. The lowest BCUT2D eigenvalue weighted by Gasteiger charge is -2.24. The van der Waals surface area contributed by atoms with Gasteiger partial charge in [0.15, 0.2) is 0 Å². The van der Waals surface area contributed by atoms with Gasteiger partial charge < -0.3 is 19.5 Å². The van der Waals surface area contributed by atoms with Crippen molar-refractivity contribution in [1.82, 2.24) is 4.90 Å². The second kappa shape index (κ2) is 6.76. The molecular weight excluding hydrogens is 310 g/mol. The van der Waals surface area contributed by atoms with Gasteiger partial charge in [0.1, 0.15) is 22.9 Å². The van der Waals surface area contributed by atoms with Gasteiger partial charge in [0, 0.05) is 6.54 Å². The second-order valence-corrected chi connectivity index (χ2v) is 5.72. The molecule has 3 aromatic rings. The van der Waals surface area contributed by atoms with Crippen molar-refractivity contribution >= 4 is 11.4 Å². The van der Waals surface area contributed by atoms with E-state index < -0.39 is 10.9 Å². The average molecular weight is 329 g/mol. The van der Waals surface area contributed by atoms with Crippen LogP contribution in [0.4, 0.5) is 11.4 Å². The van der Waals surface area contributed by atoms with Gasteiger partial charge >= 0.3 is 0 Å². The zero-order chi connectivity index (χ0) is 17.1. The van der Waals surface area contributed by atoms with E-state index in [4.69, 9.17) is 8.83 Å². The van der Waals surface area contributed by atoms with Gasteiger partial charge in [-0.3, -0.25) is 14.5 Å². The highest BCUT2D eigenvalue weighted by Gasteiger charge is 2.23. The molecule has 0 bridgehead atoms.